The third-order valence-corrected chi connectivity index (χ3v) is 2.69. The molecule has 7 heteroatoms. The number of nitriles is 1. The van der Waals surface area contributed by atoms with Gasteiger partial charge in [-0.25, -0.2) is 9.37 Å². The maximum absolute atomic E-state index is 13.7. The number of carbonyl (C=O) groups is 1. The quantitative estimate of drug-likeness (QED) is 0.670. The highest BCUT2D eigenvalue weighted by atomic mass is 35.5. The van der Waals surface area contributed by atoms with Crippen LogP contribution in [0.4, 0.5) is 21.6 Å². The Balaban J connectivity index is 2.30. The standard InChI is InChI=1S/C13H8ClFN4O/c14-12-8(6-16)4-11(15)13(19-12)18-10-3-1-2-9(5-10)17-7-20/h1-5,7H,(H,17,20)(H,18,19). The van der Waals surface area contributed by atoms with Gasteiger partial charge in [0.15, 0.2) is 11.6 Å². The summed E-state index contributed by atoms with van der Waals surface area (Å²) in [6.45, 7) is 0. The van der Waals surface area contributed by atoms with Crippen molar-refractivity contribution in [3.05, 3.63) is 46.9 Å². The fraction of sp³-hybridized carbons (Fsp3) is 0. The number of halogens is 2. The van der Waals surface area contributed by atoms with Gasteiger partial charge in [0, 0.05) is 11.4 Å². The van der Waals surface area contributed by atoms with Gasteiger partial charge in [-0.1, -0.05) is 17.7 Å². The summed E-state index contributed by atoms with van der Waals surface area (Å²) in [5.41, 5.74) is 1.03. The molecule has 5 nitrogen and oxygen atoms in total. The minimum atomic E-state index is -0.695. The van der Waals surface area contributed by atoms with E-state index in [0.717, 1.165) is 6.07 Å². The number of nitrogens with zero attached hydrogens (tertiary/aromatic N) is 2. The number of hydrogen-bond donors (Lipinski definition) is 2. The zero-order valence-electron chi connectivity index (χ0n) is 10.0. The van der Waals surface area contributed by atoms with Gasteiger partial charge in [0.2, 0.25) is 6.41 Å². The molecular formula is C13H8ClFN4O. The van der Waals surface area contributed by atoms with Crippen molar-refractivity contribution in [1.29, 1.82) is 5.26 Å². The molecule has 1 amide bonds. The summed E-state index contributed by atoms with van der Waals surface area (Å²) in [6.07, 6.45) is 0.538. The van der Waals surface area contributed by atoms with Crippen LogP contribution in [0.3, 0.4) is 0 Å². The molecule has 100 valence electrons. The van der Waals surface area contributed by atoms with Gasteiger partial charge in [-0.3, -0.25) is 4.79 Å². The molecule has 0 aliphatic heterocycles. The molecule has 1 heterocycles. The normalized spacial score (nSPS) is 9.65. The van der Waals surface area contributed by atoms with Crippen LogP contribution in [0.5, 0.6) is 0 Å². The fourth-order valence-corrected chi connectivity index (χ4v) is 1.71. The molecule has 2 N–H and O–H groups in total. The second kappa shape index (κ2) is 5.99. The SMILES string of the molecule is N#Cc1cc(F)c(Nc2cccc(NC=O)c2)nc1Cl. The predicted molar refractivity (Wildman–Crippen MR) is 73.3 cm³/mol. The van der Waals surface area contributed by atoms with E-state index < -0.39 is 5.82 Å². The number of rotatable bonds is 4. The van der Waals surface area contributed by atoms with Crippen molar-refractivity contribution in [1.82, 2.24) is 4.98 Å². The molecule has 0 fully saturated rings. The van der Waals surface area contributed by atoms with Crippen molar-refractivity contribution in [2.75, 3.05) is 10.6 Å². The predicted octanol–water partition coefficient (Wildman–Crippen LogP) is 3.06. The van der Waals surface area contributed by atoms with Crippen molar-refractivity contribution in [3.8, 4) is 6.07 Å². The lowest BCUT2D eigenvalue weighted by atomic mass is 10.2. The summed E-state index contributed by atoms with van der Waals surface area (Å²) in [7, 11) is 0. The van der Waals surface area contributed by atoms with Crippen LogP contribution in [-0.4, -0.2) is 11.4 Å². The second-order valence-corrected chi connectivity index (χ2v) is 4.09. The number of anilines is 3. The molecule has 1 aromatic carbocycles. The van der Waals surface area contributed by atoms with Crippen molar-refractivity contribution >= 4 is 35.2 Å². The fourth-order valence-electron chi connectivity index (χ4n) is 1.52. The largest absolute Gasteiger partial charge is 0.338 e. The van der Waals surface area contributed by atoms with Gasteiger partial charge in [-0.2, -0.15) is 5.26 Å². The molecule has 0 bridgehead atoms. The van der Waals surface area contributed by atoms with Crippen LogP contribution < -0.4 is 10.6 Å². The van der Waals surface area contributed by atoms with E-state index in [-0.39, 0.29) is 16.5 Å². The van der Waals surface area contributed by atoms with Crippen LogP contribution in [-0.2, 0) is 4.79 Å². The van der Waals surface area contributed by atoms with Crippen LogP contribution in [0.2, 0.25) is 5.15 Å². The summed E-state index contributed by atoms with van der Waals surface area (Å²) in [5, 5.41) is 13.8. The summed E-state index contributed by atoms with van der Waals surface area (Å²) in [6, 6.07) is 9.37. The summed E-state index contributed by atoms with van der Waals surface area (Å²) in [4.78, 5) is 14.1. The van der Waals surface area contributed by atoms with Crippen molar-refractivity contribution in [3.63, 3.8) is 0 Å². The first-order chi connectivity index (χ1) is 9.63. The summed E-state index contributed by atoms with van der Waals surface area (Å²) < 4.78 is 13.7. The molecule has 0 aliphatic rings. The molecule has 0 unspecified atom stereocenters. The molecule has 0 spiro atoms. The molecular weight excluding hydrogens is 283 g/mol. The minimum absolute atomic E-state index is 0.0360. The number of hydrogen-bond acceptors (Lipinski definition) is 4. The Hall–Kier alpha value is -2.65. The van der Waals surface area contributed by atoms with E-state index in [1.165, 1.54) is 0 Å². The van der Waals surface area contributed by atoms with Gasteiger partial charge in [-0.15, -0.1) is 0 Å². The highest BCUT2D eigenvalue weighted by Crippen LogP contribution is 2.24. The first-order valence-electron chi connectivity index (χ1n) is 5.47. The van der Waals surface area contributed by atoms with Crippen LogP contribution >= 0.6 is 11.6 Å². The Labute approximate surface area is 119 Å². The van der Waals surface area contributed by atoms with E-state index in [1.54, 1.807) is 30.3 Å². The van der Waals surface area contributed by atoms with Gasteiger partial charge < -0.3 is 10.6 Å². The third-order valence-electron chi connectivity index (χ3n) is 2.40. The molecule has 0 saturated heterocycles. The molecule has 0 radical (unpaired) electrons. The first kappa shape index (κ1) is 13.8. The van der Waals surface area contributed by atoms with Gasteiger partial charge in [0.25, 0.3) is 0 Å². The molecule has 1 aromatic heterocycles. The van der Waals surface area contributed by atoms with E-state index >= 15 is 0 Å². The third kappa shape index (κ3) is 3.02. The Morgan fingerprint density at radius 1 is 1.35 bits per heavy atom. The molecule has 20 heavy (non-hydrogen) atoms. The average molecular weight is 291 g/mol. The number of carbonyl (C=O) groups excluding carboxylic acids is 1. The lowest BCUT2D eigenvalue weighted by Gasteiger charge is -2.09. The topological polar surface area (TPSA) is 77.8 Å². The monoisotopic (exact) mass is 290 g/mol. The van der Waals surface area contributed by atoms with Crippen molar-refractivity contribution in [2.45, 2.75) is 0 Å². The summed E-state index contributed by atoms with van der Waals surface area (Å²) in [5.74, 6) is -0.794. The molecule has 0 atom stereocenters. The highest BCUT2D eigenvalue weighted by Gasteiger charge is 2.10. The first-order valence-corrected chi connectivity index (χ1v) is 5.85. The lowest BCUT2D eigenvalue weighted by molar-refractivity contribution is -0.105. The van der Waals surface area contributed by atoms with Crippen molar-refractivity contribution in [2.24, 2.45) is 0 Å². The highest BCUT2D eigenvalue weighted by molar-refractivity contribution is 6.30. The number of pyridine rings is 1. The van der Waals surface area contributed by atoms with E-state index in [4.69, 9.17) is 16.9 Å². The second-order valence-electron chi connectivity index (χ2n) is 3.74. The molecule has 2 rings (SSSR count). The average Bonchev–Trinajstić information content (AvgIpc) is 2.43. The maximum atomic E-state index is 13.7. The van der Waals surface area contributed by atoms with E-state index in [0.29, 0.717) is 17.8 Å². The van der Waals surface area contributed by atoms with E-state index in [1.807, 2.05) is 0 Å². The smallest absolute Gasteiger partial charge is 0.211 e. The minimum Gasteiger partial charge on any atom is -0.338 e. The zero-order valence-corrected chi connectivity index (χ0v) is 10.8. The Bertz CT molecular complexity index is 699. The van der Waals surface area contributed by atoms with E-state index in [2.05, 4.69) is 15.6 Å². The Kier molecular flexibility index (Phi) is 4.13. The van der Waals surface area contributed by atoms with Crippen LogP contribution in [0.1, 0.15) is 5.56 Å². The van der Waals surface area contributed by atoms with Gasteiger partial charge >= 0.3 is 0 Å². The van der Waals surface area contributed by atoms with Crippen LogP contribution in [0, 0.1) is 17.1 Å². The number of aromatic nitrogens is 1. The van der Waals surface area contributed by atoms with Gasteiger partial charge in [0.1, 0.15) is 11.2 Å². The van der Waals surface area contributed by atoms with E-state index in [9.17, 15) is 9.18 Å². The van der Waals surface area contributed by atoms with Crippen LogP contribution in [0.15, 0.2) is 30.3 Å². The Morgan fingerprint density at radius 2 is 2.10 bits per heavy atom. The molecule has 0 aliphatic carbocycles. The van der Waals surface area contributed by atoms with Crippen molar-refractivity contribution < 1.29 is 9.18 Å². The lowest BCUT2D eigenvalue weighted by Crippen LogP contribution is -2.00. The van der Waals surface area contributed by atoms with Gasteiger partial charge in [-0.05, 0) is 24.3 Å². The molecule has 2 aromatic rings. The maximum Gasteiger partial charge on any atom is 0.211 e. The zero-order chi connectivity index (χ0) is 14.5. The number of nitrogens with one attached hydrogen (secondary N) is 2. The summed E-state index contributed by atoms with van der Waals surface area (Å²) >= 11 is 5.75. The Morgan fingerprint density at radius 3 is 2.80 bits per heavy atom. The van der Waals surface area contributed by atoms with Crippen LogP contribution in [0.25, 0.3) is 0 Å². The number of benzene rings is 1. The van der Waals surface area contributed by atoms with Gasteiger partial charge in [0.05, 0.1) is 5.56 Å². The number of amides is 1. The molecule has 0 saturated carbocycles.